The van der Waals surface area contributed by atoms with Gasteiger partial charge in [-0.3, -0.25) is 4.79 Å². The Labute approximate surface area is 132 Å². The molecule has 2 aromatic rings. The summed E-state index contributed by atoms with van der Waals surface area (Å²) in [6.07, 6.45) is 3.19. The number of thiazole rings is 1. The van der Waals surface area contributed by atoms with Crippen LogP contribution in [0.2, 0.25) is 0 Å². The molecule has 0 N–H and O–H groups in total. The molecule has 0 saturated heterocycles. The number of benzene rings is 1. The molecule has 2 rings (SSSR count). The molecule has 0 aliphatic carbocycles. The largest absolute Gasteiger partial charge is 0.492 e. The Kier molecular flexibility index (Phi) is 5.66. The molecule has 0 saturated carbocycles. The van der Waals surface area contributed by atoms with Crippen molar-refractivity contribution in [3.63, 3.8) is 0 Å². The topological polar surface area (TPSA) is 42.4 Å². The quantitative estimate of drug-likeness (QED) is 0.768. The minimum Gasteiger partial charge on any atom is -0.492 e. The lowest BCUT2D eigenvalue weighted by Gasteiger charge is -2.15. The number of hydrogen-bond donors (Lipinski definition) is 0. The molecule has 1 aromatic carbocycles. The summed E-state index contributed by atoms with van der Waals surface area (Å²) >= 11 is 1.54. The van der Waals surface area contributed by atoms with Crippen LogP contribution in [0, 0.1) is 12.7 Å². The Hall–Kier alpha value is -2.21. The summed E-state index contributed by atoms with van der Waals surface area (Å²) in [6, 6.07) is 5.79. The van der Waals surface area contributed by atoms with Gasteiger partial charge < -0.3 is 9.64 Å². The van der Waals surface area contributed by atoms with Gasteiger partial charge in [0.25, 0.3) is 0 Å². The molecule has 1 heterocycles. The molecule has 22 heavy (non-hydrogen) atoms. The minimum absolute atomic E-state index is 0.117. The van der Waals surface area contributed by atoms with Gasteiger partial charge in [0.15, 0.2) is 0 Å². The fourth-order valence-corrected chi connectivity index (χ4v) is 2.26. The molecule has 0 spiro atoms. The van der Waals surface area contributed by atoms with Crippen LogP contribution in [0.25, 0.3) is 6.08 Å². The normalized spacial score (nSPS) is 10.9. The third-order valence-corrected chi connectivity index (χ3v) is 3.71. The number of carbonyl (C=O) groups excluding carboxylic acids is 1. The van der Waals surface area contributed by atoms with E-state index in [0.717, 1.165) is 10.7 Å². The number of ether oxygens (including phenoxy) is 1. The van der Waals surface area contributed by atoms with E-state index in [-0.39, 0.29) is 11.7 Å². The van der Waals surface area contributed by atoms with Crippen LogP contribution in [-0.4, -0.2) is 36.0 Å². The first-order valence-electron chi connectivity index (χ1n) is 6.78. The second-order valence-corrected chi connectivity index (χ2v) is 5.75. The number of nitrogens with zero attached hydrogens (tertiary/aromatic N) is 2. The number of aromatic nitrogens is 1. The molecule has 0 radical (unpaired) electrons. The molecule has 0 unspecified atom stereocenters. The number of carbonyl (C=O) groups is 1. The standard InChI is InChI=1S/C16H17FN2O2S/c1-12-18-14(11-22-12)5-8-16(20)19(2)9-10-21-15-6-3-13(17)4-7-15/h3-8,11H,9-10H2,1-2H3/b8-5+. The first kappa shape index (κ1) is 16.2. The Morgan fingerprint density at radius 1 is 1.41 bits per heavy atom. The Bertz CT molecular complexity index is 652. The Balaban J connectivity index is 1.76. The Morgan fingerprint density at radius 3 is 2.77 bits per heavy atom. The van der Waals surface area contributed by atoms with Crippen LogP contribution in [0.1, 0.15) is 10.7 Å². The van der Waals surface area contributed by atoms with Crippen molar-refractivity contribution in [2.45, 2.75) is 6.92 Å². The van der Waals surface area contributed by atoms with Crippen molar-refractivity contribution in [1.82, 2.24) is 9.88 Å². The predicted octanol–water partition coefficient (Wildman–Crippen LogP) is 3.14. The summed E-state index contributed by atoms with van der Waals surface area (Å²) in [4.78, 5) is 17.7. The first-order valence-corrected chi connectivity index (χ1v) is 7.66. The second kappa shape index (κ2) is 7.70. The summed E-state index contributed by atoms with van der Waals surface area (Å²) in [5.74, 6) is 0.158. The monoisotopic (exact) mass is 320 g/mol. The molecule has 6 heteroatoms. The molecule has 4 nitrogen and oxygen atoms in total. The van der Waals surface area contributed by atoms with Crippen molar-refractivity contribution in [3.05, 3.63) is 52.2 Å². The third kappa shape index (κ3) is 4.96. The maximum atomic E-state index is 12.7. The van der Waals surface area contributed by atoms with Gasteiger partial charge in [-0.2, -0.15) is 0 Å². The molecule has 116 valence electrons. The van der Waals surface area contributed by atoms with E-state index in [1.54, 1.807) is 41.5 Å². The van der Waals surface area contributed by atoms with Crippen molar-refractivity contribution < 1.29 is 13.9 Å². The Morgan fingerprint density at radius 2 is 2.14 bits per heavy atom. The van der Waals surface area contributed by atoms with Crippen molar-refractivity contribution >= 4 is 23.3 Å². The van der Waals surface area contributed by atoms with Crippen LogP contribution < -0.4 is 4.74 Å². The minimum atomic E-state index is -0.304. The second-order valence-electron chi connectivity index (χ2n) is 4.69. The average Bonchev–Trinajstić information content (AvgIpc) is 2.92. The zero-order valence-electron chi connectivity index (χ0n) is 12.5. The third-order valence-electron chi connectivity index (χ3n) is 2.92. The van der Waals surface area contributed by atoms with E-state index in [0.29, 0.717) is 18.9 Å². The van der Waals surface area contributed by atoms with E-state index >= 15 is 0 Å². The number of aryl methyl sites for hydroxylation is 1. The lowest BCUT2D eigenvalue weighted by atomic mass is 10.3. The van der Waals surface area contributed by atoms with E-state index < -0.39 is 0 Å². The molecule has 1 amide bonds. The maximum Gasteiger partial charge on any atom is 0.246 e. The van der Waals surface area contributed by atoms with Crippen molar-refractivity contribution in [2.75, 3.05) is 20.2 Å². The zero-order valence-corrected chi connectivity index (χ0v) is 13.3. The smallest absolute Gasteiger partial charge is 0.246 e. The van der Waals surface area contributed by atoms with E-state index in [2.05, 4.69) is 4.98 Å². The molecule has 0 bridgehead atoms. The van der Waals surface area contributed by atoms with Gasteiger partial charge in [-0.1, -0.05) is 0 Å². The van der Waals surface area contributed by atoms with Gasteiger partial charge in [-0.05, 0) is 37.3 Å². The maximum absolute atomic E-state index is 12.7. The molecule has 0 aliphatic heterocycles. The van der Waals surface area contributed by atoms with Gasteiger partial charge in [-0.15, -0.1) is 11.3 Å². The number of likely N-dealkylation sites (N-methyl/N-ethyl adjacent to an activating group) is 1. The number of halogens is 1. The van der Waals surface area contributed by atoms with Gasteiger partial charge in [-0.25, -0.2) is 9.37 Å². The molecule has 1 aromatic heterocycles. The van der Waals surface area contributed by atoms with Crippen molar-refractivity contribution in [1.29, 1.82) is 0 Å². The fraction of sp³-hybridized carbons (Fsp3) is 0.250. The highest BCUT2D eigenvalue weighted by Gasteiger charge is 2.05. The number of rotatable bonds is 6. The summed E-state index contributed by atoms with van der Waals surface area (Å²) in [5.41, 5.74) is 0.784. The van der Waals surface area contributed by atoms with Crippen LogP contribution in [0.3, 0.4) is 0 Å². The van der Waals surface area contributed by atoms with Crippen LogP contribution in [0.15, 0.2) is 35.7 Å². The van der Waals surface area contributed by atoms with Crippen LogP contribution in [0.5, 0.6) is 5.75 Å². The van der Waals surface area contributed by atoms with Gasteiger partial charge in [0.05, 0.1) is 17.2 Å². The highest BCUT2D eigenvalue weighted by Crippen LogP contribution is 2.11. The van der Waals surface area contributed by atoms with E-state index in [9.17, 15) is 9.18 Å². The van der Waals surface area contributed by atoms with E-state index in [1.807, 2.05) is 12.3 Å². The molecule has 0 atom stereocenters. The summed E-state index contributed by atoms with van der Waals surface area (Å²) in [7, 11) is 1.70. The van der Waals surface area contributed by atoms with Crippen molar-refractivity contribution in [3.8, 4) is 5.75 Å². The SMILES string of the molecule is Cc1nc(/C=C/C(=O)N(C)CCOc2ccc(F)cc2)cs1. The lowest BCUT2D eigenvalue weighted by molar-refractivity contribution is -0.125. The zero-order chi connectivity index (χ0) is 15.9. The van der Waals surface area contributed by atoms with Gasteiger partial charge in [0, 0.05) is 18.5 Å². The predicted molar refractivity (Wildman–Crippen MR) is 85.4 cm³/mol. The highest BCUT2D eigenvalue weighted by molar-refractivity contribution is 7.09. The lowest BCUT2D eigenvalue weighted by Crippen LogP contribution is -2.29. The summed E-state index contributed by atoms with van der Waals surface area (Å²) in [5, 5.41) is 2.87. The van der Waals surface area contributed by atoms with Crippen LogP contribution in [0.4, 0.5) is 4.39 Å². The van der Waals surface area contributed by atoms with Gasteiger partial charge >= 0.3 is 0 Å². The van der Waals surface area contributed by atoms with Gasteiger partial charge in [0.1, 0.15) is 18.2 Å². The fourth-order valence-electron chi connectivity index (χ4n) is 1.68. The summed E-state index contributed by atoms with van der Waals surface area (Å²) in [6.45, 7) is 2.71. The van der Waals surface area contributed by atoms with Gasteiger partial charge in [0.2, 0.25) is 5.91 Å². The number of hydrogen-bond acceptors (Lipinski definition) is 4. The van der Waals surface area contributed by atoms with Crippen molar-refractivity contribution in [2.24, 2.45) is 0 Å². The van der Waals surface area contributed by atoms with Crippen LogP contribution in [-0.2, 0) is 4.79 Å². The van der Waals surface area contributed by atoms with Crippen LogP contribution >= 0.6 is 11.3 Å². The number of amides is 1. The average molecular weight is 320 g/mol. The molecule has 0 aliphatic rings. The first-order chi connectivity index (χ1) is 10.5. The molecular weight excluding hydrogens is 303 g/mol. The van der Waals surface area contributed by atoms with E-state index in [1.165, 1.54) is 18.2 Å². The molecule has 0 fully saturated rings. The van der Waals surface area contributed by atoms with E-state index in [4.69, 9.17) is 4.74 Å². The highest BCUT2D eigenvalue weighted by atomic mass is 32.1. The molecular formula is C16H17FN2O2S. The summed E-state index contributed by atoms with van der Waals surface area (Å²) < 4.78 is 18.2.